The third kappa shape index (κ3) is 3.70. The first-order valence-electron chi connectivity index (χ1n) is 7.13. The Morgan fingerprint density at radius 1 is 1.05 bits per heavy atom. The van der Waals surface area contributed by atoms with Gasteiger partial charge in [-0.25, -0.2) is 0 Å². The maximum absolute atomic E-state index is 12.3. The topological polar surface area (TPSA) is 29.1 Å². The fraction of sp³-hybridized carbons (Fsp3) is 0.278. The molecular weight excluding hydrogens is 246 g/mol. The van der Waals surface area contributed by atoms with Crippen LogP contribution in [0, 0.1) is 6.92 Å². The van der Waals surface area contributed by atoms with Crippen LogP contribution in [0.15, 0.2) is 54.6 Å². The van der Waals surface area contributed by atoms with Gasteiger partial charge in [-0.05, 0) is 31.0 Å². The van der Waals surface area contributed by atoms with Crippen LogP contribution >= 0.6 is 0 Å². The van der Waals surface area contributed by atoms with Crippen molar-refractivity contribution in [2.24, 2.45) is 0 Å². The molecule has 1 N–H and O–H groups in total. The van der Waals surface area contributed by atoms with Crippen molar-refractivity contribution in [1.29, 1.82) is 0 Å². The highest BCUT2D eigenvalue weighted by Crippen LogP contribution is 2.18. The van der Waals surface area contributed by atoms with Gasteiger partial charge in [-0.15, -0.1) is 0 Å². The van der Waals surface area contributed by atoms with Crippen LogP contribution in [0.5, 0.6) is 0 Å². The summed E-state index contributed by atoms with van der Waals surface area (Å²) >= 11 is 0. The number of aryl methyl sites for hydroxylation is 1. The smallest absolute Gasteiger partial charge is 0.251 e. The van der Waals surface area contributed by atoms with Crippen molar-refractivity contribution in [3.05, 3.63) is 71.3 Å². The highest BCUT2D eigenvalue weighted by molar-refractivity contribution is 5.94. The van der Waals surface area contributed by atoms with Crippen LogP contribution in [-0.4, -0.2) is 5.91 Å². The van der Waals surface area contributed by atoms with E-state index in [-0.39, 0.29) is 11.9 Å². The Bertz CT molecular complexity index is 545. The quantitative estimate of drug-likeness (QED) is 0.861. The summed E-state index contributed by atoms with van der Waals surface area (Å²) in [5.74, 6) is -0.00713. The molecule has 20 heavy (non-hydrogen) atoms. The van der Waals surface area contributed by atoms with Gasteiger partial charge in [-0.2, -0.15) is 0 Å². The summed E-state index contributed by atoms with van der Waals surface area (Å²) in [7, 11) is 0. The van der Waals surface area contributed by atoms with E-state index in [0.717, 1.165) is 24.0 Å². The van der Waals surface area contributed by atoms with Crippen LogP contribution in [0.4, 0.5) is 0 Å². The van der Waals surface area contributed by atoms with E-state index in [1.807, 2.05) is 49.4 Å². The lowest BCUT2D eigenvalue weighted by Gasteiger charge is -2.18. The summed E-state index contributed by atoms with van der Waals surface area (Å²) in [6, 6.07) is 17.9. The molecule has 0 aliphatic heterocycles. The highest BCUT2D eigenvalue weighted by atomic mass is 16.1. The van der Waals surface area contributed by atoms with Crippen molar-refractivity contribution in [3.8, 4) is 0 Å². The SMILES string of the molecule is CCC[C@H](NC(=O)c1ccc(C)cc1)c1ccccc1. The molecule has 0 bridgehead atoms. The van der Waals surface area contributed by atoms with Gasteiger partial charge in [0.15, 0.2) is 0 Å². The van der Waals surface area contributed by atoms with Crippen molar-refractivity contribution >= 4 is 5.91 Å². The van der Waals surface area contributed by atoms with Crippen LogP contribution in [-0.2, 0) is 0 Å². The Morgan fingerprint density at radius 2 is 1.70 bits per heavy atom. The van der Waals surface area contributed by atoms with Gasteiger partial charge < -0.3 is 5.32 Å². The maximum Gasteiger partial charge on any atom is 0.251 e. The Labute approximate surface area is 120 Å². The zero-order valence-electron chi connectivity index (χ0n) is 12.1. The lowest BCUT2D eigenvalue weighted by Crippen LogP contribution is -2.28. The first-order valence-corrected chi connectivity index (χ1v) is 7.13. The number of amides is 1. The summed E-state index contributed by atoms with van der Waals surface area (Å²) in [4.78, 5) is 12.3. The minimum absolute atomic E-state index is 0.00713. The highest BCUT2D eigenvalue weighted by Gasteiger charge is 2.14. The van der Waals surface area contributed by atoms with Gasteiger partial charge in [-0.1, -0.05) is 61.4 Å². The molecule has 2 rings (SSSR count). The second-order valence-electron chi connectivity index (χ2n) is 5.09. The van der Waals surface area contributed by atoms with E-state index >= 15 is 0 Å². The second kappa shape index (κ2) is 6.90. The van der Waals surface area contributed by atoms with E-state index in [2.05, 4.69) is 24.4 Å². The van der Waals surface area contributed by atoms with Gasteiger partial charge in [0.25, 0.3) is 5.91 Å². The van der Waals surface area contributed by atoms with Gasteiger partial charge in [0, 0.05) is 5.56 Å². The zero-order valence-corrected chi connectivity index (χ0v) is 12.1. The number of carbonyl (C=O) groups is 1. The normalized spacial score (nSPS) is 11.9. The molecule has 0 radical (unpaired) electrons. The second-order valence-corrected chi connectivity index (χ2v) is 5.09. The molecule has 0 fully saturated rings. The lowest BCUT2D eigenvalue weighted by atomic mass is 10.0. The van der Waals surface area contributed by atoms with Crippen molar-refractivity contribution in [2.75, 3.05) is 0 Å². The summed E-state index contributed by atoms with van der Waals surface area (Å²) in [6.07, 6.45) is 1.98. The molecule has 2 heteroatoms. The number of rotatable bonds is 5. The van der Waals surface area contributed by atoms with Crippen molar-refractivity contribution in [3.63, 3.8) is 0 Å². The molecule has 0 heterocycles. The molecule has 0 aliphatic carbocycles. The van der Waals surface area contributed by atoms with E-state index in [0.29, 0.717) is 5.56 Å². The van der Waals surface area contributed by atoms with E-state index in [4.69, 9.17) is 0 Å². The zero-order chi connectivity index (χ0) is 14.4. The molecule has 1 atom stereocenters. The first-order chi connectivity index (χ1) is 9.70. The van der Waals surface area contributed by atoms with E-state index in [1.165, 1.54) is 0 Å². The van der Waals surface area contributed by atoms with Gasteiger partial charge in [-0.3, -0.25) is 4.79 Å². The Hall–Kier alpha value is -2.09. The van der Waals surface area contributed by atoms with Gasteiger partial charge in [0.05, 0.1) is 6.04 Å². The predicted molar refractivity (Wildman–Crippen MR) is 82.7 cm³/mol. The molecule has 2 aromatic carbocycles. The number of carbonyl (C=O) groups excluding carboxylic acids is 1. The van der Waals surface area contributed by atoms with E-state index < -0.39 is 0 Å². The fourth-order valence-corrected chi connectivity index (χ4v) is 2.24. The average Bonchev–Trinajstić information content (AvgIpc) is 2.48. The van der Waals surface area contributed by atoms with Gasteiger partial charge in [0.2, 0.25) is 0 Å². The van der Waals surface area contributed by atoms with Gasteiger partial charge >= 0.3 is 0 Å². The third-order valence-electron chi connectivity index (χ3n) is 3.40. The minimum Gasteiger partial charge on any atom is -0.345 e. The Kier molecular flexibility index (Phi) is 4.94. The number of benzene rings is 2. The summed E-state index contributed by atoms with van der Waals surface area (Å²) < 4.78 is 0. The fourth-order valence-electron chi connectivity index (χ4n) is 2.24. The first kappa shape index (κ1) is 14.3. The Morgan fingerprint density at radius 3 is 2.30 bits per heavy atom. The van der Waals surface area contributed by atoms with Crippen LogP contribution in [0.3, 0.4) is 0 Å². The molecule has 0 aliphatic rings. The molecule has 0 saturated heterocycles. The van der Waals surface area contributed by atoms with Crippen LogP contribution in [0.1, 0.15) is 47.3 Å². The van der Waals surface area contributed by atoms with Crippen molar-refractivity contribution < 1.29 is 4.79 Å². The van der Waals surface area contributed by atoms with Gasteiger partial charge in [0.1, 0.15) is 0 Å². The molecular formula is C18H21NO. The number of nitrogens with one attached hydrogen (secondary N) is 1. The molecule has 0 aromatic heterocycles. The molecule has 0 unspecified atom stereocenters. The number of hydrogen-bond acceptors (Lipinski definition) is 1. The molecule has 0 spiro atoms. The molecule has 0 saturated carbocycles. The molecule has 104 valence electrons. The Balaban J connectivity index is 2.12. The maximum atomic E-state index is 12.3. The van der Waals surface area contributed by atoms with Crippen LogP contribution < -0.4 is 5.32 Å². The third-order valence-corrected chi connectivity index (χ3v) is 3.40. The monoisotopic (exact) mass is 267 g/mol. The van der Waals surface area contributed by atoms with E-state index in [9.17, 15) is 4.79 Å². The summed E-state index contributed by atoms with van der Waals surface area (Å²) in [6.45, 7) is 4.15. The van der Waals surface area contributed by atoms with Crippen LogP contribution in [0.2, 0.25) is 0 Å². The molecule has 2 nitrogen and oxygen atoms in total. The standard InChI is InChI=1S/C18H21NO/c1-3-7-17(15-8-5-4-6-9-15)19-18(20)16-12-10-14(2)11-13-16/h4-6,8-13,17H,3,7H2,1-2H3,(H,19,20)/t17-/m0/s1. The molecule has 2 aromatic rings. The van der Waals surface area contributed by atoms with Crippen molar-refractivity contribution in [1.82, 2.24) is 5.32 Å². The minimum atomic E-state index is -0.00713. The van der Waals surface area contributed by atoms with Crippen molar-refractivity contribution in [2.45, 2.75) is 32.7 Å². The molecule has 1 amide bonds. The lowest BCUT2D eigenvalue weighted by molar-refractivity contribution is 0.0934. The number of hydrogen-bond donors (Lipinski definition) is 1. The largest absolute Gasteiger partial charge is 0.345 e. The summed E-state index contributed by atoms with van der Waals surface area (Å²) in [5, 5.41) is 3.13. The predicted octanol–water partition coefficient (Wildman–Crippen LogP) is 4.27. The average molecular weight is 267 g/mol. The van der Waals surface area contributed by atoms with Crippen LogP contribution in [0.25, 0.3) is 0 Å². The summed E-state index contributed by atoms with van der Waals surface area (Å²) in [5.41, 5.74) is 3.04. The van der Waals surface area contributed by atoms with E-state index in [1.54, 1.807) is 0 Å².